The van der Waals surface area contributed by atoms with Gasteiger partial charge in [0.1, 0.15) is 13.1 Å². The number of carbonyl (C=O) groups is 3. The first-order chi connectivity index (χ1) is 12.7. The molecule has 2 aromatic rings. The molecular formula is C15H13F3N6O3. The number of fused-ring (bicyclic) bond motifs is 1. The number of benzene rings is 1. The Bertz CT molecular complexity index is 860. The van der Waals surface area contributed by atoms with Crippen LogP contribution < -0.4 is 5.32 Å². The second-order valence-corrected chi connectivity index (χ2v) is 5.69. The first-order valence-corrected chi connectivity index (χ1v) is 7.80. The summed E-state index contributed by atoms with van der Waals surface area (Å²) in [6, 6.07) is 6.43. The van der Waals surface area contributed by atoms with E-state index in [1.807, 2.05) is 0 Å². The maximum absolute atomic E-state index is 12.2. The van der Waals surface area contributed by atoms with Crippen molar-refractivity contribution in [2.24, 2.45) is 0 Å². The minimum Gasteiger partial charge on any atom is -0.345 e. The van der Waals surface area contributed by atoms with Crippen molar-refractivity contribution in [1.29, 1.82) is 0 Å². The van der Waals surface area contributed by atoms with E-state index in [-0.39, 0.29) is 18.8 Å². The Morgan fingerprint density at radius 3 is 2.33 bits per heavy atom. The van der Waals surface area contributed by atoms with Gasteiger partial charge in [0.25, 0.3) is 11.8 Å². The molecule has 9 nitrogen and oxygen atoms in total. The predicted molar refractivity (Wildman–Crippen MR) is 82.4 cm³/mol. The summed E-state index contributed by atoms with van der Waals surface area (Å²) in [5.74, 6) is -1.61. The average molecular weight is 382 g/mol. The van der Waals surface area contributed by atoms with Gasteiger partial charge < -0.3 is 5.32 Å². The summed E-state index contributed by atoms with van der Waals surface area (Å²) in [7, 11) is 0. The molecule has 0 aliphatic carbocycles. The van der Waals surface area contributed by atoms with E-state index < -0.39 is 37.0 Å². The highest BCUT2D eigenvalue weighted by molar-refractivity contribution is 6.21. The topological polar surface area (TPSA) is 110 Å². The lowest BCUT2D eigenvalue weighted by Crippen LogP contribution is -2.36. The minimum atomic E-state index is -4.51. The maximum atomic E-state index is 12.2. The molecule has 0 spiro atoms. The maximum Gasteiger partial charge on any atom is 0.405 e. The highest BCUT2D eigenvalue weighted by Gasteiger charge is 2.34. The lowest BCUT2D eigenvalue weighted by molar-refractivity contribution is -0.139. The predicted octanol–water partition coefficient (Wildman–Crippen LogP) is 0.190. The number of rotatable bonds is 6. The van der Waals surface area contributed by atoms with Crippen LogP contribution >= 0.6 is 0 Å². The number of nitrogens with zero attached hydrogens (tertiary/aromatic N) is 5. The normalized spacial score (nSPS) is 13.8. The van der Waals surface area contributed by atoms with Gasteiger partial charge in [-0.25, -0.2) is 0 Å². The molecule has 142 valence electrons. The van der Waals surface area contributed by atoms with Gasteiger partial charge in [0.2, 0.25) is 5.91 Å². The number of alkyl halides is 3. The van der Waals surface area contributed by atoms with Crippen LogP contribution in [0.3, 0.4) is 0 Å². The van der Waals surface area contributed by atoms with E-state index >= 15 is 0 Å². The molecule has 1 aromatic heterocycles. The molecule has 0 radical (unpaired) electrons. The molecule has 1 N–H and O–H groups in total. The summed E-state index contributed by atoms with van der Waals surface area (Å²) in [5, 5.41) is 12.8. The monoisotopic (exact) mass is 382 g/mol. The van der Waals surface area contributed by atoms with E-state index in [0.29, 0.717) is 11.1 Å². The smallest absolute Gasteiger partial charge is 0.345 e. The van der Waals surface area contributed by atoms with E-state index in [4.69, 9.17) is 0 Å². The number of carbonyl (C=O) groups excluding carboxylic acids is 3. The Kier molecular flexibility index (Phi) is 4.88. The van der Waals surface area contributed by atoms with Crippen molar-refractivity contribution >= 4 is 17.7 Å². The Labute approximate surface area is 150 Å². The molecule has 0 saturated heterocycles. The second-order valence-electron chi connectivity index (χ2n) is 5.69. The van der Waals surface area contributed by atoms with Crippen molar-refractivity contribution in [3.63, 3.8) is 0 Å². The number of halogens is 3. The molecule has 1 aliphatic heterocycles. The molecule has 1 aliphatic rings. The zero-order valence-corrected chi connectivity index (χ0v) is 13.7. The fourth-order valence-corrected chi connectivity index (χ4v) is 2.48. The lowest BCUT2D eigenvalue weighted by Gasteiger charge is -2.11. The van der Waals surface area contributed by atoms with Crippen LogP contribution in [0.2, 0.25) is 0 Å². The largest absolute Gasteiger partial charge is 0.405 e. The van der Waals surface area contributed by atoms with Gasteiger partial charge in [0.05, 0.1) is 11.1 Å². The summed E-state index contributed by atoms with van der Waals surface area (Å²) in [6.45, 7) is -1.97. The molecule has 3 rings (SSSR count). The zero-order valence-electron chi connectivity index (χ0n) is 13.7. The fraction of sp³-hybridized carbons (Fsp3) is 0.333. The molecule has 2 heterocycles. The van der Waals surface area contributed by atoms with E-state index in [0.717, 1.165) is 9.70 Å². The fourth-order valence-electron chi connectivity index (χ4n) is 2.48. The van der Waals surface area contributed by atoms with Gasteiger partial charge in [-0.15, -0.1) is 10.2 Å². The zero-order chi connectivity index (χ0) is 19.6. The first kappa shape index (κ1) is 18.5. The van der Waals surface area contributed by atoms with Crippen LogP contribution in [0.4, 0.5) is 13.2 Å². The van der Waals surface area contributed by atoms with Crippen molar-refractivity contribution in [3.05, 3.63) is 41.2 Å². The van der Waals surface area contributed by atoms with Crippen LogP contribution in [0.5, 0.6) is 0 Å². The summed E-state index contributed by atoms with van der Waals surface area (Å²) in [6.07, 6.45) is -4.42. The number of imide groups is 1. The van der Waals surface area contributed by atoms with Gasteiger partial charge in [0, 0.05) is 13.0 Å². The average Bonchev–Trinajstić information content (AvgIpc) is 3.15. The van der Waals surface area contributed by atoms with Crippen LogP contribution in [0.1, 0.15) is 26.5 Å². The Morgan fingerprint density at radius 1 is 1.11 bits per heavy atom. The number of hydrogen-bond acceptors (Lipinski definition) is 6. The van der Waals surface area contributed by atoms with Crippen LogP contribution in [0.25, 0.3) is 0 Å². The molecule has 0 fully saturated rings. The highest BCUT2D eigenvalue weighted by atomic mass is 19.4. The third-order valence-electron chi connectivity index (χ3n) is 3.70. The van der Waals surface area contributed by atoms with Crippen LogP contribution in [0, 0.1) is 0 Å². The molecule has 3 amide bonds. The van der Waals surface area contributed by atoms with E-state index in [9.17, 15) is 27.6 Å². The van der Waals surface area contributed by atoms with Gasteiger partial charge in [-0.05, 0) is 17.3 Å². The van der Waals surface area contributed by atoms with E-state index in [1.54, 1.807) is 29.6 Å². The second kappa shape index (κ2) is 7.13. The number of aromatic nitrogens is 4. The summed E-state index contributed by atoms with van der Waals surface area (Å²) >= 11 is 0. The summed E-state index contributed by atoms with van der Waals surface area (Å²) in [4.78, 5) is 37.8. The minimum absolute atomic E-state index is 0.0122. The number of hydrogen-bond donors (Lipinski definition) is 1. The van der Waals surface area contributed by atoms with Crippen LogP contribution in [0.15, 0.2) is 24.3 Å². The Balaban J connectivity index is 1.54. The molecule has 0 bridgehead atoms. The SMILES string of the molecule is O=C(Cn1nnc(CCN2C(=O)c3ccccc3C2=O)n1)NCC(F)(F)F. The molecule has 1 aromatic carbocycles. The van der Waals surface area contributed by atoms with Crippen LogP contribution in [-0.2, 0) is 17.8 Å². The quantitative estimate of drug-likeness (QED) is 0.715. The van der Waals surface area contributed by atoms with Crippen molar-refractivity contribution in [2.45, 2.75) is 19.1 Å². The van der Waals surface area contributed by atoms with Gasteiger partial charge in [-0.3, -0.25) is 19.3 Å². The molecule has 0 unspecified atom stereocenters. The Hall–Kier alpha value is -3.31. The van der Waals surface area contributed by atoms with Gasteiger partial charge in [0.15, 0.2) is 5.82 Å². The molecule has 0 saturated carbocycles. The summed E-state index contributed by atoms with van der Waals surface area (Å²) in [5.41, 5.74) is 0.640. The molecule has 27 heavy (non-hydrogen) atoms. The van der Waals surface area contributed by atoms with Crippen molar-refractivity contribution in [3.8, 4) is 0 Å². The number of nitrogens with one attached hydrogen (secondary N) is 1. The standard InChI is InChI=1S/C15H13F3N6O3/c16-15(17,18)8-19-12(25)7-24-21-11(20-22-24)5-6-23-13(26)9-3-1-2-4-10(9)14(23)27/h1-4H,5-8H2,(H,19,25). The Morgan fingerprint density at radius 2 is 1.74 bits per heavy atom. The van der Waals surface area contributed by atoms with E-state index in [1.165, 1.54) is 0 Å². The number of amides is 3. The third kappa shape index (κ3) is 4.27. The lowest BCUT2D eigenvalue weighted by atomic mass is 10.1. The van der Waals surface area contributed by atoms with Crippen molar-refractivity contribution < 1.29 is 27.6 Å². The van der Waals surface area contributed by atoms with Gasteiger partial charge >= 0.3 is 6.18 Å². The van der Waals surface area contributed by atoms with Crippen molar-refractivity contribution in [2.75, 3.05) is 13.1 Å². The van der Waals surface area contributed by atoms with Gasteiger partial charge in [-0.2, -0.15) is 18.0 Å². The van der Waals surface area contributed by atoms with Crippen molar-refractivity contribution in [1.82, 2.24) is 30.4 Å². The first-order valence-electron chi connectivity index (χ1n) is 7.80. The van der Waals surface area contributed by atoms with E-state index in [2.05, 4.69) is 15.4 Å². The number of tetrazole rings is 1. The van der Waals surface area contributed by atoms with Crippen LogP contribution in [-0.4, -0.2) is 62.1 Å². The molecule has 0 atom stereocenters. The third-order valence-corrected chi connectivity index (χ3v) is 3.70. The van der Waals surface area contributed by atoms with Gasteiger partial charge in [-0.1, -0.05) is 12.1 Å². The summed E-state index contributed by atoms with van der Waals surface area (Å²) < 4.78 is 36.1. The highest BCUT2D eigenvalue weighted by Crippen LogP contribution is 2.22. The molecular weight excluding hydrogens is 369 g/mol. The molecule has 12 heteroatoms.